The van der Waals surface area contributed by atoms with Crippen LogP contribution in [0.3, 0.4) is 0 Å². The molecule has 9 heteroatoms. The van der Waals surface area contributed by atoms with Crippen LogP contribution in [0, 0.1) is 10.1 Å². The van der Waals surface area contributed by atoms with Gasteiger partial charge in [0.25, 0.3) is 5.69 Å². The molecule has 0 saturated heterocycles. The van der Waals surface area contributed by atoms with Gasteiger partial charge in [0.1, 0.15) is 15.8 Å². The molecule has 2 aromatic carbocycles. The molecule has 0 unspecified atom stereocenters. The number of thiocarbonyl (C=S) groups is 1. The van der Waals surface area contributed by atoms with Crippen molar-refractivity contribution in [2.24, 2.45) is 0 Å². The molecule has 0 amide bonds. The van der Waals surface area contributed by atoms with Crippen molar-refractivity contribution < 1.29 is 14.4 Å². The molecule has 0 atom stereocenters. The number of halogens is 2. The number of nitrogens with one attached hydrogen (secondary N) is 1. The fraction of sp³-hybridized carbons (Fsp3) is 0.188. The first-order valence-corrected chi connectivity index (χ1v) is 8.34. The lowest BCUT2D eigenvalue weighted by Gasteiger charge is -2.12. The van der Waals surface area contributed by atoms with Crippen molar-refractivity contribution in [2.75, 3.05) is 18.7 Å². The summed E-state index contributed by atoms with van der Waals surface area (Å²) in [5.74, 6) is 0.553. The molecule has 25 heavy (non-hydrogen) atoms. The summed E-state index contributed by atoms with van der Waals surface area (Å²) in [4.78, 5) is 10.7. The highest BCUT2D eigenvalue weighted by atomic mass is 35.5. The molecule has 132 valence electrons. The lowest BCUT2D eigenvalue weighted by Crippen LogP contribution is -2.11. The van der Waals surface area contributed by atoms with Gasteiger partial charge in [0.2, 0.25) is 0 Å². The van der Waals surface area contributed by atoms with Gasteiger partial charge in [-0.1, -0.05) is 41.5 Å². The van der Waals surface area contributed by atoms with Gasteiger partial charge in [-0.15, -0.1) is 0 Å². The molecule has 2 rings (SSSR count). The maximum atomic E-state index is 11.0. The van der Waals surface area contributed by atoms with Crippen molar-refractivity contribution in [3.63, 3.8) is 0 Å². The minimum Gasteiger partial charge on any atom is -0.468 e. The summed E-state index contributed by atoms with van der Waals surface area (Å²) in [6.07, 6.45) is 0. The lowest BCUT2D eigenvalue weighted by atomic mass is 10.2. The first-order valence-electron chi connectivity index (χ1n) is 7.17. The predicted molar refractivity (Wildman–Crippen MR) is 102 cm³/mol. The van der Waals surface area contributed by atoms with Gasteiger partial charge >= 0.3 is 0 Å². The number of nitro benzene ring substituents is 1. The van der Waals surface area contributed by atoms with Crippen LogP contribution >= 0.6 is 35.4 Å². The number of benzene rings is 2. The molecule has 0 radical (unpaired) electrons. The molecule has 0 bridgehead atoms. The van der Waals surface area contributed by atoms with Crippen LogP contribution in [-0.4, -0.2) is 23.3 Å². The van der Waals surface area contributed by atoms with E-state index in [1.54, 1.807) is 24.3 Å². The highest BCUT2D eigenvalue weighted by Crippen LogP contribution is 2.29. The average Bonchev–Trinajstić information content (AvgIpc) is 2.57. The quantitative estimate of drug-likeness (QED) is 0.230. The summed E-state index contributed by atoms with van der Waals surface area (Å²) in [6.45, 7) is 2.55. The number of nitrogens with zero attached hydrogens (tertiary/aromatic N) is 1. The minimum atomic E-state index is -0.564. The lowest BCUT2D eigenvalue weighted by molar-refractivity contribution is -0.384. The number of hydrogen-bond donors (Lipinski definition) is 1. The van der Waals surface area contributed by atoms with Gasteiger partial charge in [-0.05, 0) is 25.1 Å². The molecular formula is C16H14Cl2N2O4S. The maximum Gasteiger partial charge on any atom is 0.288 e. The second kappa shape index (κ2) is 8.96. The summed E-state index contributed by atoms with van der Waals surface area (Å²) in [5, 5.41) is 14.4. The Morgan fingerprint density at radius 1 is 1.24 bits per heavy atom. The maximum absolute atomic E-state index is 11.0. The Hall–Kier alpha value is -1.93. The molecule has 0 aliphatic rings. The van der Waals surface area contributed by atoms with E-state index in [1.165, 1.54) is 12.1 Å². The summed E-state index contributed by atoms with van der Waals surface area (Å²) in [5.41, 5.74) is 0.793. The van der Waals surface area contributed by atoms with E-state index in [9.17, 15) is 10.1 Å². The molecule has 0 aliphatic carbocycles. The second-order valence-electron chi connectivity index (χ2n) is 4.77. The Morgan fingerprint density at radius 2 is 2.00 bits per heavy atom. The van der Waals surface area contributed by atoms with Crippen LogP contribution in [0.4, 0.5) is 11.4 Å². The Labute approximate surface area is 159 Å². The number of nitro groups is 1. The van der Waals surface area contributed by atoms with Crippen molar-refractivity contribution in [1.29, 1.82) is 0 Å². The molecule has 0 heterocycles. The Kier molecular flexibility index (Phi) is 6.95. The SMILES string of the molecule is CCOCOc1ccc(NC(=S)c2ccc(Cl)c([N+](=O)[O-])c2)c(Cl)c1. The summed E-state index contributed by atoms with van der Waals surface area (Å²) < 4.78 is 10.5. The van der Waals surface area contributed by atoms with Crippen LogP contribution in [0.5, 0.6) is 5.75 Å². The highest BCUT2D eigenvalue weighted by Gasteiger charge is 2.15. The molecule has 2 aromatic rings. The number of anilines is 1. The monoisotopic (exact) mass is 400 g/mol. The fourth-order valence-corrected chi connectivity index (χ4v) is 2.51. The zero-order chi connectivity index (χ0) is 18.4. The number of ether oxygens (including phenoxy) is 2. The van der Waals surface area contributed by atoms with E-state index in [0.717, 1.165) is 0 Å². The van der Waals surface area contributed by atoms with E-state index in [0.29, 0.717) is 28.6 Å². The molecule has 0 aliphatic heterocycles. The molecule has 0 saturated carbocycles. The second-order valence-corrected chi connectivity index (χ2v) is 6.00. The molecule has 0 aromatic heterocycles. The topological polar surface area (TPSA) is 73.6 Å². The predicted octanol–water partition coefficient (Wildman–Crippen LogP) is 5.06. The average molecular weight is 401 g/mol. The van der Waals surface area contributed by atoms with Gasteiger partial charge in [-0.25, -0.2) is 0 Å². The summed E-state index contributed by atoms with van der Waals surface area (Å²) in [7, 11) is 0. The van der Waals surface area contributed by atoms with E-state index in [2.05, 4.69) is 5.32 Å². The Balaban J connectivity index is 2.12. The van der Waals surface area contributed by atoms with E-state index in [1.807, 2.05) is 6.92 Å². The van der Waals surface area contributed by atoms with Gasteiger partial charge in [-0.2, -0.15) is 0 Å². The van der Waals surface area contributed by atoms with Crippen LogP contribution < -0.4 is 10.1 Å². The van der Waals surface area contributed by atoms with Crippen LogP contribution in [0.1, 0.15) is 12.5 Å². The van der Waals surface area contributed by atoms with Crippen LogP contribution in [0.15, 0.2) is 36.4 Å². The normalized spacial score (nSPS) is 10.4. The molecule has 0 fully saturated rings. The minimum absolute atomic E-state index is 0.0467. The largest absolute Gasteiger partial charge is 0.468 e. The van der Waals surface area contributed by atoms with Gasteiger partial charge in [-0.3, -0.25) is 10.1 Å². The Bertz CT molecular complexity index is 802. The van der Waals surface area contributed by atoms with Crippen molar-refractivity contribution >= 4 is 51.8 Å². The van der Waals surface area contributed by atoms with Crippen LogP contribution in [-0.2, 0) is 4.74 Å². The van der Waals surface area contributed by atoms with Crippen molar-refractivity contribution in [3.8, 4) is 5.75 Å². The third-order valence-corrected chi connectivity index (χ3v) is 4.08. The molecule has 6 nitrogen and oxygen atoms in total. The van der Waals surface area contributed by atoms with Gasteiger partial charge in [0.05, 0.1) is 15.6 Å². The number of hydrogen-bond acceptors (Lipinski definition) is 5. The van der Waals surface area contributed by atoms with Gasteiger partial charge in [0.15, 0.2) is 6.79 Å². The summed E-state index contributed by atoms with van der Waals surface area (Å²) >= 11 is 17.3. The van der Waals surface area contributed by atoms with E-state index < -0.39 is 4.92 Å². The van der Waals surface area contributed by atoms with Crippen molar-refractivity contribution in [1.82, 2.24) is 0 Å². The van der Waals surface area contributed by atoms with Crippen LogP contribution in [0.25, 0.3) is 0 Å². The standard InChI is InChI=1S/C16H14Cl2N2O4S/c1-2-23-9-24-11-4-6-14(13(18)8-11)19-16(25)10-3-5-12(17)15(7-10)20(21)22/h3-8H,2,9H2,1H3,(H,19,25). The van der Waals surface area contributed by atoms with Crippen molar-refractivity contribution in [3.05, 3.63) is 62.1 Å². The first kappa shape index (κ1) is 19.4. The fourth-order valence-electron chi connectivity index (χ4n) is 1.87. The highest BCUT2D eigenvalue weighted by molar-refractivity contribution is 7.81. The molecular weight excluding hydrogens is 387 g/mol. The van der Waals surface area contributed by atoms with E-state index in [-0.39, 0.29) is 22.5 Å². The zero-order valence-corrected chi connectivity index (χ0v) is 15.5. The van der Waals surface area contributed by atoms with Gasteiger partial charge in [0, 0.05) is 24.3 Å². The third kappa shape index (κ3) is 5.27. The van der Waals surface area contributed by atoms with E-state index in [4.69, 9.17) is 44.9 Å². The van der Waals surface area contributed by atoms with E-state index >= 15 is 0 Å². The third-order valence-electron chi connectivity index (χ3n) is 3.11. The van der Waals surface area contributed by atoms with Gasteiger partial charge < -0.3 is 14.8 Å². The van der Waals surface area contributed by atoms with Crippen LogP contribution in [0.2, 0.25) is 10.0 Å². The summed E-state index contributed by atoms with van der Waals surface area (Å²) in [6, 6.07) is 9.36. The molecule has 1 N–H and O–H groups in total. The Morgan fingerprint density at radius 3 is 2.64 bits per heavy atom. The van der Waals surface area contributed by atoms with Crippen molar-refractivity contribution in [2.45, 2.75) is 6.92 Å². The zero-order valence-electron chi connectivity index (χ0n) is 13.1. The molecule has 0 spiro atoms. The first-order chi connectivity index (χ1) is 11.9. The smallest absolute Gasteiger partial charge is 0.288 e. The number of rotatable bonds is 7.